The summed E-state index contributed by atoms with van der Waals surface area (Å²) in [5.41, 5.74) is 5.55. The predicted octanol–water partition coefficient (Wildman–Crippen LogP) is -0.00290. The molecule has 0 aliphatic carbocycles. The van der Waals surface area contributed by atoms with Gasteiger partial charge in [0.15, 0.2) is 0 Å². The van der Waals surface area contributed by atoms with Crippen LogP contribution >= 0.6 is 12.4 Å². The van der Waals surface area contributed by atoms with E-state index in [9.17, 15) is 16.8 Å². The maximum atomic E-state index is 12.2. The second-order valence-corrected chi connectivity index (χ2v) is 9.13. The van der Waals surface area contributed by atoms with E-state index >= 15 is 0 Å². The fraction of sp³-hybridized carbons (Fsp3) is 0.538. The Bertz CT molecular complexity index is 695. The van der Waals surface area contributed by atoms with Gasteiger partial charge in [0, 0.05) is 19.6 Å². The second kappa shape index (κ2) is 8.41. The van der Waals surface area contributed by atoms with Crippen molar-refractivity contribution < 1.29 is 16.8 Å². The van der Waals surface area contributed by atoms with Crippen molar-refractivity contribution in [3.8, 4) is 0 Å². The molecule has 1 fully saturated rings. The summed E-state index contributed by atoms with van der Waals surface area (Å²) in [6.07, 6.45) is 0.755. The Kier molecular flexibility index (Phi) is 7.43. The number of rotatable bonds is 7. The van der Waals surface area contributed by atoms with Gasteiger partial charge in [-0.3, -0.25) is 0 Å². The van der Waals surface area contributed by atoms with E-state index < -0.39 is 20.0 Å². The van der Waals surface area contributed by atoms with E-state index in [4.69, 9.17) is 5.73 Å². The number of nitrogens with one attached hydrogen (secondary N) is 1. The molecule has 0 spiro atoms. The minimum absolute atomic E-state index is 0. The van der Waals surface area contributed by atoms with Crippen LogP contribution in [-0.2, 0) is 20.0 Å². The minimum Gasteiger partial charge on any atom is -0.330 e. The summed E-state index contributed by atoms with van der Waals surface area (Å²) >= 11 is 0. The maximum Gasteiger partial charge on any atom is 0.240 e. The van der Waals surface area contributed by atoms with Gasteiger partial charge in [-0.15, -0.1) is 12.4 Å². The minimum atomic E-state index is -3.67. The van der Waals surface area contributed by atoms with Gasteiger partial charge in [-0.25, -0.2) is 25.9 Å². The van der Waals surface area contributed by atoms with Crippen LogP contribution in [0.1, 0.15) is 6.42 Å². The van der Waals surface area contributed by atoms with Gasteiger partial charge in [0.2, 0.25) is 20.0 Å². The first-order chi connectivity index (χ1) is 10.3. The zero-order valence-electron chi connectivity index (χ0n) is 12.6. The predicted molar refractivity (Wildman–Crippen MR) is 91.4 cm³/mol. The van der Waals surface area contributed by atoms with Crippen LogP contribution in [0.4, 0.5) is 0 Å². The van der Waals surface area contributed by atoms with Gasteiger partial charge >= 0.3 is 0 Å². The van der Waals surface area contributed by atoms with E-state index in [1.165, 1.54) is 16.4 Å². The third-order valence-corrected chi connectivity index (χ3v) is 7.00. The Hall–Kier alpha value is -0.710. The van der Waals surface area contributed by atoms with E-state index in [0.717, 1.165) is 6.42 Å². The number of nitrogens with zero attached hydrogens (tertiary/aromatic N) is 1. The Labute approximate surface area is 143 Å². The highest BCUT2D eigenvalue weighted by molar-refractivity contribution is 7.90. The number of halogens is 1. The molecule has 1 aliphatic rings. The molecular weight excluding hydrogens is 362 g/mol. The molecule has 1 aromatic carbocycles. The lowest BCUT2D eigenvalue weighted by Gasteiger charge is -2.16. The van der Waals surface area contributed by atoms with Gasteiger partial charge < -0.3 is 5.73 Å². The summed E-state index contributed by atoms with van der Waals surface area (Å²) < 4.78 is 52.0. The zero-order chi connectivity index (χ0) is 16.2. The molecule has 10 heteroatoms. The van der Waals surface area contributed by atoms with Crippen LogP contribution in [0.2, 0.25) is 0 Å². The molecule has 0 amide bonds. The van der Waals surface area contributed by atoms with E-state index in [-0.39, 0.29) is 35.5 Å². The zero-order valence-corrected chi connectivity index (χ0v) is 15.0. The first-order valence-electron chi connectivity index (χ1n) is 7.08. The Morgan fingerprint density at radius 2 is 1.83 bits per heavy atom. The quantitative estimate of drug-likeness (QED) is 0.688. The van der Waals surface area contributed by atoms with Crippen LogP contribution in [0, 0.1) is 5.92 Å². The molecule has 0 radical (unpaired) electrons. The molecule has 0 aromatic heterocycles. The summed E-state index contributed by atoms with van der Waals surface area (Å²) in [6.45, 7) is 1.19. The smallest absolute Gasteiger partial charge is 0.240 e. The van der Waals surface area contributed by atoms with Crippen molar-refractivity contribution in [2.75, 3.05) is 31.9 Å². The van der Waals surface area contributed by atoms with Crippen LogP contribution in [0.15, 0.2) is 35.2 Å². The summed E-state index contributed by atoms with van der Waals surface area (Å²) in [5.74, 6) is -0.0631. The molecule has 132 valence electrons. The van der Waals surface area contributed by atoms with E-state index in [1.807, 2.05) is 0 Å². The van der Waals surface area contributed by atoms with Crippen LogP contribution in [-0.4, -0.2) is 53.1 Å². The molecule has 1 unspecified atom stereocenters. The Morgan fingerprint density at radius 3 is 2.39 bits per heavy atom. The van der Waals surface area contributed by atoms with Crippen LogP contribution < -0.4 is 10.5 Å². The van der Waals surface area contributed by atoms with E-state index in [1.54, 1.807) is 18.2 Å². The summed E-state index contributed by atoms with van der Waals surface area (Å²) in [7, 11) is -7.13. The Morgan fingerprint density at radius 1 is 1.17 bits per heavy atom. The van der Waals surface area contributed by atoms with Crippen molar-refractivity contribution in [2.45, 2.75) is 11.3 Å². The molecule has 1 aliphatic heterocycles. The maximum absolute atomic E-state index is 12.2. The van der Waals surface area contributed by atoms with Gasteiger partial charge in [-0.1, -0.05) is 18.2 Å². The number of hydrogen-bond acceptors (Lipinski definition) is 5. The molecule has 3 N–H and O–H groups in total. The normalized spacial score (nSPS) is 19.4. The van der Waals surface area contributed by atoms with E-state index in [0.29, 0.717) is 19.6 Å². The first kappa shape index (κ1) is 20.3. The van der Waals surface area contributed by atoms with Gasteiger partial charge in [0.25, 0.3) is 0 Å². The van der Waals surface area contributed by atoms with Crippen molar-refractivity contribution >= 4 is 32.5 Å². The van der Waals surface area contributed by atoms with Crippen molar-refractivity contribution in [3.63, 3.8) is 0 Å². The molecule has 7 nitrogen and oxygen atoms in total. The first-order valence-corrected chi connectivity index (χ1v) is 10.2. The lowest BCUT2D eigenvalue weighted by molar-refractivity contribution is 0.459. The highest BCUT2D eigenvalue weighted by Gasteiger charge is 2.30. The molecule has 1 heterocycles. The highest BCUT2D eigenvalue weighted by atomic mass is 35.5. The average Bonchev–Trinajstić information content (AvgIpc) is 2.97. The fourth-order valence-corrected chi connectivity index (χ4v) is 4.98. The van der Waals surface area contributed by atoms with Gasteiger partial charge in [0.05, 0.1) is 10.6 Å². The molecule has 23 heavy (non-hydrogen) atoms. The topological polar surface area (TPSA) is 110 Å². The summed E-state index contributed by atoms with van der Waals surface area (Å²) in [6, 6.07) is 7.86. The molecule has 0 saturated carbocycles. The lowest BCUT2D eigenvalue weighted by Crippen LogP contribution is -2.37. The van der Waals surface area contributed by atoms with Crippen LogP contribution in [0.3, 0.4) is 0 Å². The second-order valence-electron chi connectivity index (χ2n) is 5.28. The largest absolute Gasteiger partial charge is 0.330 e. The van der Waals surface area contributed by atoms with E-state index in [2.05, 4.69) is 4.72 Å². The van der Waals surface area contributed by atoms with Crippen molar-refractivity contribution in [1.29, 1.82) is 0 Å². The van der Waals surface area contributed by atoms with Gasteiger partial charge in [0.1, 0.15) is 0 Å². The highest BCUT2D eigenvalue weighted by Crippen LogP contribution is 2.18. The van der Waals surface area contributed by atoms with Crippen molar-refractivity contribution in [1.82, 2.24) is 9.03 Å². The molecule has 1 atom stereocenters. The number of nitrogens with two attached hydrogens (primary N) is 1. The molecule has 1 aromatic rings. The number of benzene rings is 1. The molecule has 1 saturated heterocycles. The third kappa shape index (κ3) is 5.40. The van der Waals surface area contributed by atoms with Gasteiger partial charge in [-0.05, 0) is 31.0 Å². The Balaban J connectivity index is 0.00000264. The standard InChI is InChI=1S/C13H21N3O4S2.ClH/c14-10-12-6-8-16(11-12)21(17,18)9-7-15-22(19,20)13-4-2-1-3-5-13;/h1-5,12,15H,6-11,14H2;1H. The van der Waals surface area contributed by atoms with Crippen molar-refractivity contribution in [3.05, 3.63) is 30.3 Å². The SMILES string of the molecule is Cl.NCC1CCN(S(=O)(=O)CCNS(=O)(=O)c2ccccc2)C1. The average molecular weight is 384 g/mol. The molecule has 2 rings (SSSR count). The van der Waals surface area contributed by atoms with Crippen LogP contribution in [0.5, 0.6) is 0 Å². The monoisotopic (exact) mass is 383 g/mol. The molecule has 0 bridgehead atoms. The molecular formula is C13H22ClN3O4S2. The number of hydrogen-bond donors (Lipinski definition) is 2. The summed E-state index contributed by atoms with van der Waals surface area (Å²) in [5, 5.41) is 0. The lowest BCUT2D eigenvalue weighted by atomic mass is 10.1. The third-order valence-electron chi connectivity index (χ3n) is 3.68. The number of sulfonamides is 2. The summed E-state index contributed by atoms with van der Waals surface area (Å²) in [4.78, 5) is 0.122. The fourth-order valence-electron chi connectivity index (χ4n) is 2.36. The van der Waals surface area contributed by atoms with Gasteiger partial charge in [-0.2, -0.15) is 0 Å². The van der Waals surface area contributed by atoms with Crippen LogP contribution in [0.25, 0.3) is 0 Å². The van der Waals surface area contributed by atoms with Crippen molar-refractivity contribution in [2.24, 2.45) is 11.7 Å².